The molecule has 0 bridgehead atoms. The van der Waals surface area contributed by atoms with Crippen molar-refractivity contribution >= 4 is 11.5 Å². The van der Waals surface area contributed by atoms with Gasteiger partial charge in [-0.05, 0) is 19.2 Å². The van der Waals surface area contributed by atoms with Crippen molar-refractivity contribution in [2.75, 3.05) is 38.1 Å². The van der Waals surface area contributed by atoms with Crippen LogP contribution in [0.15, 0.2) is 42.9 Å². The molecule has 1 aliphatic heterocycles. The Morgan fingerprint density at radius 3 is 2.70 bits per heavy atom. The number of phenols is 1. The fourth-order valence-electron chi connectivity index (χ4n) is 3.03. The number of nitrogens with zero attached hydrogens (tertiary/aromatic N) is 5. The summed E-state index contributed by atoms with van der Waals surface area (Å²) < 4.78 is 2.04. The average Bonchev–Trinajstić information content (AvgIpc) is 3.04. The van der Waals surface area contributed by atoms with Gasteiger partial charge in [0.2, 0.25) is 0 Å². The van der Waals surface area contributed by atoms with Gasteiger partial charge in [0.15, 0.2) is 11.5 Å². The number of anilines is 1. The van der Waals surface area contributed by atoms with E-state index >= 15 is 0 Å². The van der Waals surface area contributed by atoms with Crippen LogP contribution in [0.3, 0.4) is 0 Å². The summed E-state index contributed by atoms with van der Waals surface area (Å²) in [6, 6.07) is 7.21. The summed E-state index contributed by atoms with van der Waals surface area (Å²) in [4.78, 5) is 13.8. The maximum atomic E-state index is 9.72. The van der Waals surface area contributed by atoms with Gasteiger partial charge in [0.05, 0.1) is 11.9 Å². The highest BCUT2D eigenvalue weighted by Crippen LogP contribution is 2.27. The molecule has 1 aromatic carbocycles. The molecule has 1 aliphatic rings. The summed E-state index contributed by atoms with van der Waals surface area (Å²) in [6.07, 6.45) is 5.59. The summed E-state index contributed by atoms with van der Waals surface area (Å²) >= 11 is 0. The molecule has 0 spiro atoms. The summed E-state index contributed by atoms with van der Waals surface area (Å²) in [5, 5.41) is 9.72. The molecule has 3 aromatic rings. The highest BCUT2D eigenvalue weighted by atomic mass is 16.3. The van der Waals surface area contributed by atoms with Crippen LogP contribution < -0.4 is 4.90 Å². The zero-order valence-electron chi connectivity index (χ0n) is 13.1. The van der Waals surface area contributed by atoms with Gasteiger partial charge >= 0.3 is 0 Å². The van der Waals surface area contributed by atoms with Crippen molar-refractivity contribution in [3.8, 4) is 17.0 Å². The molecule has 118 valence electrons. The fourth-order valence-corrected chi connectivity index (χ4v) is 3.03. The van der Waals surface area contributed by atoms with Crippen LogP contribution in [-0.4, -0.2) is 57.6 Å². The van der Waals surface area contributed by atoms with Crippen molar-refractivity contribution in [3.63, 3.8) is 0 Å². The van der Waals surface area contributed by atoms with Crippen LogP contribution in [0, 0.1) is 0 Å². The van der Waals surface area contributed by atoms with Crippen molar-refractivity contribution in [1.82, 2.24) is 19.3 Å². The van der Waals surface area contributed by atoms with Gasteiger partial charge in [-0.15, -0.1) is 0 Å². The Labute approximate surface area is 134 Å². The van der Waals surface area contributed by atoms with E-state index in [9.17, 15) is 5.11 Å². The van der Waals surface area contributed by atoms with E-state index in [1.165, 1.54) is 0 Å². The molecule has 1 N–H and O–H groups in total. The summed E-state index contributed by atoms with van der Waals surface area (Å²) in [5.74, 6) is 1.17. The average molecular weight is 309 g/mol. The third-order valence-electron chi connectivity index (χ3n) is 4.35. The van der Waals surface area contributed by atoms with E-state index in [1.807, 2.05) is 28.9 Å². The minimum Gasteiger partial charge on any atom is -0.508 e. The zero-order valence-corrected chi connectivity index (χ0v) is 13.1. The van der Waals surface area contributed by atoms with Gasteiger partial charge < -0.3 is 14.9 Å². The van der Waals surface area contributed by atoms with Gasteiger partial charge in [0.1, 0.15) is 5.75 Å². The number of phenolic OH excluding ortho intramolecular Hbond substituents is 1. The molecule has 1 saturated heterocycles. The lowest BCUT2D eigenvalue weighted by atomic mass is 10.1. The predicted octanol–water partition coefficient (Wildman–Crippen LogP) is 1.85. The molecule has 0 radical (unpaired) electrons. The molecule has 23 heavy (non-hydrogen) atoms. The van der Waals surface area contributed by atoms with E-state index in [0.717, 1.165) is 48.9 Å². The number of fused-ring (bicyclic) bond motifs is 1. The Morgan fingerprint density at radius 1 is 1.09 bits per heavy atom. The topological polar surface area (TPSA) is 56.9 Å². The van der Waals surface area contributed by atoms with Crippen LogP contribution in [0.5, 0.6) is 5.75 Å². The Balaban J connectivity index is 1.79. The predicted molar refractivity (Wildman–Crippen MR) is 89.8 cm³/mol. The van der Waals surface area contributed by atoms with Gasteiger partial charge in [-0.2, -0.15) is 0 Å². The Hall–Kier alpha value is -2.60. The quantitative estimate of drug-likeness (QED) is 0.783. The number of likely N-dealkylation sites (N-methyl/N-ethyl adjacent to an activating group) is 1. The van der Waals surface area contributed by atoms with E-state index in [4.69, 9.17) is 0 Å². The highest BCUT2D eigenvalue weighted by molar-refractivity contribution is 5.71. The van der Waals surface area contributed by atoms with Gasteiger partial charge in [0, 0.05) is 44.1 Å². The molecule has 4 rings (SSSR count). The molecule has 2 aromatic heterocycles. The number of hydrogen-bond acceptors (Lipinski definition) is 5. The number of imidazole rings is 1. The van der Waals surface area contributed by atoms with E-state index in [-0.39, 0.29) is 5.75 Å². The van der Waals surface area contributed by atoms with Gasteiger partial charge in [-0.25, -0.2) is 9.97 Å². The first-order chi connectivity index (χ1) is 11.2. The van der Waals surface area contributed by atoms with E-state index in [2.05, 4.69) is 26.8 Å². The molecule has 0 atom stereocenters. The Morgan fingerprint density at radius 2 is 1.91 bits per heavy atom. The van der Waals surface area contributed by atoms with E-state index in [1.54, 1.807) is 18.3 Å². The summed E-state index contributed by atoms with van der Waals surface area (Å²) in [5.41, 5.74) is 2.70. The van der Waals surface area contributed by atoms with E-state index in [0.29, 0.717) is 0 Å². The number of aromatic nitrogens is 3. The molecule has 6 nitrogen and oxygen atoms in total. The van der Waals surface area contributed by atoms with Crippen molar-refractivity contribution in [3.05, 3.63) is 42.9 Å². The first kappa shape index (κ1) is 14.0. The number of benzene rings is 1. The molecule has 0 unspecified atom stereocenters. The number of rotatable bonds is 2. The fraction of sp³-hybridized carbons (Fsp3) is 0.294. The Bertz CT molecular complexity index is 836. The number of hydrogen-bond donors (Lipinski definition) is 1. The van der Waals surface area contributed by atoms with Crippen molar-refractivity contribution in [1.29, 1.82) is 0 Å². The van der Waals surface area contributed by atoms with E-state index < -0.39 is 0 Å². The largest absolute Gasteiger partial charge is 0.508 e. The minimum atomic E-state index is 0.249. The molecule has 0 amide bonds. The normalized spacial score (nSPS) is 16.1. The van der Waals surface area contributed by atoms with Crippen molar-refractivity contribution < 1.29 is 5.11 Å². The van der Waals surface area contributed by atoms with Gasteiger partial charge in [-0.1, -0.05) is 12.1 Å². The molecule has 1 fully saturated rings. The second-order valence-corrected chi connectivity index (χ2v) is 5.93. The lowest BCUT2D eigenvalue weighted by molar-refractivity contribution is 0.312. The summed E-state index contributed by atoms with van der Waals surface area (Å²) in [7, 11) is 2.14. The van der Waals surface area contributed by atoms with Crippen LogP contribution in [0.1, 0.15) is 0 Å². The smallest absolute Gasteiger partial charge is 0.180 e. The maximum Gasteiger partial charge on any atom is 0.180 e. The minimum absolute atomic E-state index is 0.249. The SMILES string of the molecule is CN1CCN(c2ncc(-c3cccc(O)c3)n3ccnc23)CC1. The number of piperazine rings is 1. The highest BCUT2D eigenvalue weighted by Gasteiger charge is 2.19. The second kappa shape index (κ2) is 5.55. The van der Waals surface area contributed by atoms with Crippen LogP contribution in [0.2, 0.25) is 0 Å². The second-order valence-electron chi connectivity index (χ2n) is 5.93. The van der Waals surface area contributed by atoms with Crippen molar-refractivity contribution in [2.24, 2.45) is 0 Å². The lowest BCUT2D eigenvalue weighted by Crippen LogP contribution is -2.45. The summed E-state index contributed by atoms with van der Waals surface area (Å²) in [6.45, 7) is 3.97. The van der Waals surface area contributed by atoms with Gasteiger partial charge in [-0.3, -0.25) is 4.40 Å². The monoisotopic (exact) mass is 309 g/mol. The third-order valence-corrected chi connectivity index (χ3v) is 4.35. The van der Waals surface area contributed by atoms with Gasteiger partial charge in [0.25, 0.3) is 0 Å². The molecule has 0 aliphatic carbocycles. The molecular formula is C17H19N5O. The maximum absolute atomic E-state index is 9.72. The first-order valence-electron chi connectivity index (χ1n) is 7.77. The zero-order chi connectivity index (χ0) is 15.8. The standard InChI is InChI=1S/C17H19N5O/c1-20-7-9-21(10-8-20)16-17-18-5-6-22(17)15(12-19-16)13-3-2-4-14(23)11-13/h2-6,11-12,23H,7-10H2,1H3. The van der Waals surface area contributed by atoms with Crippen LogP contribution in [0.25, 0.3) is 16.9 Å². The molecular weight excluding hydrogens is 290 g/mol. The first-order valence-corrected chi connectivity index (χ1v) is 7.77. The molecule has 6 heteroatoms. The number of aromatic hydroxyl groups is 1. The molecule has 0 saturated carbocycles. The van der Waals surface area contributed by atoms with Crippen molar-refractivity contribution in [2.45, 2.75) is 0 Å². The van der Waals surface area contributed by atoms with Crippen LogP contribution in [0.4, 0.5) is 5.82 Å². The van der Waals surface area contributed by atoms with Crippen LogP contribution >= 0.6 is 0 Å². The lowest BCUT2D eigenvalue weighted by Gasteiger charge is -2.33. The Kier molecular flexibility index (Phi) is 3.38. The third kappa shape index (κ3) is 2.51. The van der Waals surface area contributed by atoms with Crippen LogP contribution in [-0.2, 0) is 0 Å². The molecule has 3 heterocycles.